The number of hydrogen-bond acceptors (Lipinski definition) is 2. The third-order valence-electron chi connectivity index (χ3n) is 1.88. The molecule has 1 aliphatic rings. The molecule has 0 spiro atoms. The van der Waals surface area contributed by atoms with Crippen LogP contribution in [0.2, 0.25) is 0 Å². The minimum absolute atomic E-state index is 0.245. The molecule has 1 saturated carbocycles. The average Bonchev–Trinajstić information content (AvgIpc) is 2.65. The van der Waals surface area contributed by atoms with Gasteiger partial charge in [0.05, 0.1) is 6.10 Å². The van der Waals surface area contributed by atoms with Gasteiger partial charge in [0.25, 0.3) is 0 Å². The summed E-state index contributed by atoms with van der Waals surface area (Å²) in [5.41, 5.74) is 5.23. The van der Waals surface area contributed by atoms with E-state index in [0.29, 0.717) is 6.54 Å². The topological polar surface area (TPSA) is 46.2 Å². The van der Waals surface area contributed by atoms with Gasteiger partial charge < -0.3 is 10.8 Å². The number of hydrogen-bond donors (Lipinski definition) is 2. The van der Waals surface area contributed by atoms with E-state index in [9.17, 15) is 0 Å². The largest absolute Gasteiger partial charge is 0.392 e. The van der Waals surface area contributed by atoms with Gasteiger partial charge >= 0.3 is 0 Å². The van der Waals surface area contributed by atoms with Crippen LogP contribution in [0.15, 0.2) is 0 Å². The number of aliphatic hydroxyl groups excluding tert-OH is 1. The van der Waals surface area contributed by atoms with Gasteiger partial charge in [0.2, 0.25) is 0 Å². The van der Waals surface area contributed by atoms with Crippen LogP contribution >= 0.6 is 0 Å². The lowest BCUT2D eigenvalue weighted by atomic mass is 10.1. The molecule has 2 heteroatoms. The second kappa shape index (κ2) is 3.18. The molecule has 0 bridgehead atoms. The Morgan fingerprint density at radius 3 is 2.67 bits per heavy atom. The van der Waals surface area contributed by atoms with Gasteiger partial charge in [0, 0.05) is 6.54 Å². The molecule has 0 aromatic carbocycles. The number of aliphatic hydroxyl groups is 1. The van der Waals surface area contributed by atoms with Crippen molar-refractivity contribution < 1.29 is 5.11 Å². The van der Waals surface area contributed by atoms with Gasteiger partial charge in [0.1, 0.15) is 0 Å². The standard InChI is InChI=1S/C7H15NO/c8-5-7(9)4-3-6-1-2-6/h6-7,9H,1-5,8H2. The van der Waals surface area contributed by atoms with Crippen LogP contribution in [0.5, 0.6) is 0 Å². The summed E-state index contributed by atoms with van der Waals surface area (Å²) in [7, 11) is 0. The summed E-state index contributed by atoms with van der Waals surface area (Å²) in [6.45, 7) is 0.423. The maximum atomic E-state index is 9.01. The van der Waals surface area contributed by atoms with E-state index in [1.54, 1.807) is 0 Å². The quantitative estimate of drug-likeness (QED) is 0.580. The fourth-order valence-corrected chi connectivity index (χ4v) is 0.952. The predicted molar refractivity (Wildman–Crippen MR) is 37.0 cm³/mol. The molecule has 0 aromatic heterocycles. The first-order chi connectivity index (χ1) is 4.33. The fraction of sp³-hybridized carbons (Fsp3) is 1.00. The van der Waals surface area contributed by atoms with Gasteiger partial charge in [-0.2, -0.15) is 0 Å². The van der Waals surface area contributed by atoms with Crippen molar-refractivity contribution in [1.29, 1.82) is 0 Å². The van der Waals surface area contributed by atoms with E-state index >= 15 is 0 Å². The molecule has 1 rings (SSSR count). The second-order valence-corrected chi connectivity index (χ2v) is 2.91. The summed E-state index contributed by atoms with van der Waals surface area (Å²) in [6, 6.07) is 0. The van der Waals surface area contributed by atoms with Crippen molar-refractivity contribution in [2.75, 3.05) is 6.54 Å². The molecular formula is C7H15NO. The summed E-state index contributed by atoms with van der Waals surface area (Å²) >= 11 is 0. The van der Waals surface area contributed by atoms with E-state index in [-0.39, 0.29) is 6.10 Å². The molecule has 2 nitrogen and oxygen atoms in total. The van der Waals surface area contributed by atoms with Gasteiger partial charge in [-0.3, -0.25) is 0 Å². The Hall–Kier alpha value is -0.0800. The van der Waals surface area contributed by atoms with Crippen LogP contribution in [0.4, 0.5) is 0 Å². The molecule has 0 heterocycles. The monoisotopic (exact) mass is 129 g/mol. The van der Waals surface area contributed by atoms with E-state index in [4.69, 9.17) is 10.8 Å². The normalized spacial score (nSPS) is 22.0. The molecule has 3 N–H and O–H groups in total. The molecule has 1 aliphatic carbocycles. The van der Waals surface area contributed by atoms with Gasteiger partial charge in [-0.05, 0) is 18.8 Å². The Kier molecular flexibility index (Phi) is 2.49. The van der Waals surface area contributed by atoms with Crippen molar-refractivity contribution in [1.82, 2.24) is 0 Å². The van der Waals surface area contributed by atoms with E-state index in [2.05, 4.69) is 0 Å². The Balaban J connectivity index is 1.90. The number of nitrogens with two attached hydrogens (primary N) is 1. The second-order valence-electron chi connectivity index (χ2n) is 2.91. The summed E-state index contributed by atoms with van der Waals surface area (Å²) < 4.78 is 0. The Morgan fingerprint density at radius 2 is 2.22 bits per heavy atom. The zero-order valence-electron chi connectivity index (χ0n) is 5.71. The van der Waals surface area contributed by atoms with Crippen LogP contribution in [0.25, 0.3) is 0 Å². The molecule has 9 heavy (non-hydrogen) atoms. The molecule has 0 aromatic rings. The van der Waals surface area contributed by atoms with Crippen molar-refractivity contribution in [3.8, 4) is 0 Å². The Labute approximate surface area is 56.1 Å². The highest BCUT2D eigenvalue weighted by atomic mass is 16.3. The Morgan fingerprint density at radius 1 is 1.56 bits per heavy atom. The van der Waals surface area contributed by atoms with Gasteiger partial charge in [-0.1, -0.05) is 12.8 Å². The first kappa shape index (κ1) is 7.03. The maximum absolute atomic E-state index is 9.01. The molecule has 0 aliphatic heterocycles. The highest BCUT2D eigenvalue weighted by Crippen LogP contribution is 2.33. The average molecular weight is 129 g/mol. The summed E-state index contributed by atoms with van der Waals surface area (Å²) in [5.74, 6) is 0.922. The van der Waals surface area contributed by atoms with Crippen LogP contribution in [0.3, 0.4) is 0 Å². The van der Waals surface area contributed by atoms with Crippen LogP contribution in [-0.4, -0.2) is 17.8 Å². The van der Waals surface area contributed by atoms with Crippen LogP contribution in [0.1, 0.15) is 25.7 Å². The van der Waals surface area contributed by atoms with Crippen molar-refractivity contribution in [2.45, 2.75) is 31.8 Å². The van der Waals surface area contributed by atoms with E-state index in [1.165, 1.54) is 19.3 Å². The molecule has 0 saturated heterocycles. The van der Waals surface area contributed by atoms with Crippen LogP contribution in [0, 0.1) is 5.92 Å². The Bertz CT molecular complexity index is 81.0. The first-order valence-electron chi connectivity index (χ1n) is 3.71. The lowest BCUT2D eigenvalue weighted by Gasteiger charge is -2.04. The SMILES string of the molecule is NCC(O)CCC1CC1. The van der Waals surface area contributed by atoms with E-state index in [0.717, 1.165) is 12.3 Å². The summed E-state index contributed by atoms with van der Waals surface area (Å²) in [5, 5.41) is 9.01. The minimum Gasteiger partial charge on any atom is -0.392 e. The first-order valence-corrected chi connectivity index (χ1v) is 3.71. The lowest BCUT2D eigenvalue weighted by Crippen LogP contribution is -2.19. The summed E-state index contributed by atoms with van der Waals surface area (Å²) in [4.78, 5) is 0. The zero-order valence-corrected chi connectivity index (χ0v) is 5.71. The molecular weight excluding hydrogens is 114 g/mol. The third kappa shape index (κ3) is 2.82. The fourth-order valence-electron chi connectivity index (χ4n) is 0.952. The van der Waals surface area contributed by atoms with Crippen LogP contribution < -0.4 is 5.73 Å². The highest BCUT2D eigenvalue weighted by Gasteiger charge is 2.21. The predicted octanol–water partition coefficient (Wildman–Crippen LogP) is 0.496. The molecule has 0 amide bonds. The van der Waals surface area contributed by atoms with Gasteiger partial charge in [-0.25, -0.2) is 0 Å². The van der Waals surface area contributed by atoms with E-state index in [1.807, 2.05) is 0 Å². The minimum atomic E-state index is -0.245. The van der Waals surface area contributed by atoms with E-state index < -0.39 is 0 Å². The molecule has 0 radical (unpaired) electrons. The smallest absolute Gasteiger partial charge is 0.0662 e. The molecule has 1 unspecified atom stereocenters. The molecule has 1 atom stereocenters. The third-order valence-corrected chi connectivity index (χ3v) is 1.88. The summed E-state index contributed by atoms with van der Waals surface area (Å²) in [6.07, 6.45) is 4.58. The van der Waals surface area contributed by atoms with Crippen molar-refractivity contribution in [3.63, 3.8) is 0 Å². The van der Waals surface area contributed by atoms with Gasteiger partial charge in [-0.15, -0.1) is 0 Å². The van der Waals surface area contributed by atoms with Crippen molar-refractivity contribution in [3.05, 3.63) is 0 Å². The maximum Gasteiger partial charge on any atom is 0.0662 e. The van der Waals surface area contributed by atoms with Crippen molar-refractivity contribution in [2.24, 2.45) is 11.7 Å². The molecule has 1 fully saturated rings. The zero-order chi connectivity index (χ0) is 6.69. The molecule has 54 valence electrons. The lowest BCUT2D eigenvalue weighted by molar-refractivity contribution is 0.167. The number of rotatable bonds is 4. The highest BCUT2D eigenvalue weighted by molar-refractivity contribution is 4.74. The van der Waals surface area contributed by atoms with Crippen molar-refractivity contribution >= 4 is 0 Å². The van der Waals surface area contributed by atoms with Gasteiger partial charge in [0.15, 0.2) is 0 Å². The van der Waals surface area contributed by atoms with Crippen LogP contribution in [-0.2, 0) is 0 Å².